The predicted molar refractivity (Wildman–Crippen MR) is 57.8 cm³/mol. The van der Waals surface area contributed by atoms with Crippen molar-refractivity contribution in [2.24, 2.45) is 5.73 Å². The molecule has 0 spiro atoms. The zero-order valence-electron chi connectivity index (χ0n) is 8.52. The van der Waals surface area contributed by atoms with Crippen molar-refractivity contribution in [3.05, 3.63) is 35.4 Å². The molecule has 1 saturated carbocycles. The molecule has 3 N–H and O–H groups in total. The zero-order valence-corrected chi connectivity index (χ0v) is 8.52. The first kappa shape index (κ1) is 10.2. The van der Waals surface area contributed by atoms with Crippen LogP contribution in [0.2, 0.25) is 0 Å². The smallest absolute Gasteiger partial charge is 0.312 e. The number of carboxylic acids is 1. The number of nitrogens with two attached hydrogens (primary N) is 1. The summed E-state index contributed by atoms with van der Waals surface area (Å²) in [7, 11) is 0. The molecule has 2 rings (SSSR count). The Kier molecular flexibility index (Phi) is 2.73. The fraction of sp³-hybridized carbons (Fsp3) is 0.417. The summed E-state index contributed by atoms with van der Waals surface area (Å²) >= 11 is 0. The van der Waals surface area contributed by atoms with E-state index in [1.807, 2.05) is 18.2 Å². The molecule has 1 aliphatic rings. The van der Waals surface area contributed by atoms with Gasteiger partial charge in [0.05, 0.1) is 5.92 Å². The van der Waals surface area contributed by atoms with Crippen LogP contribution in [0, 0.1) is 0 Å². The van der Waals surface area contributed by atoms with Gasteiger partial charge in [0.1, 0.15) is 0 Å². The van der Waals surface area contributed by atoms with Gasteiger partial charge >= 0.3 is 5.97 Å². The summed E-state index contributed by atoms with van der Waals surface area (Å²) in [6.45, 7) is 0.156. The van der Waals surface area contributed by atoms with Crippen LogP contribution < -0.4 is 5.73 Å². The molecule has 3 heteroatoms. The van der Waals surface area contributed by atoms with E-state index < -0.39 is 11.9 Å². The second-order valence-electron chi connectivity index (χ2n) is 4.07. The van der Waals surface area contributed by atoms with E-state index in [2.05, 4.69) is 6.07 Å². The third kappa shape index (κ3) is 2.18. The van der Waals surface area contributed by atoms with Crippen molar-refractivity contribution in [3.63, 3.8) is 0 Å². The van der Waals surface area contributed by atoms with Crippen molar-refractivity contribution in [2.75, 3.05) is 6.54 Å². The van der Waals surface area contributed by atoms with Crippen LogP contribution in [0.3, 0.4) is 0 Å². The summed E-state index contributed by atoms with van der Waals surface area (Å²) in [4.78, 5) is 10.9. The van der Waals surface area contributed by atoms with E-state index in [1.54, 1.807) is 0 Å². The Bertz CT molecular complexity index is 372. The Balaban J connectivity index is 2.25. The SMILES string of the molecule is NCC(C(=O)O)c1cccc(C2CC2)c1. The van der Waals surface area contributed by atoms with Crippen molar-refractivity contribution in [1.82, 2.24) is 0 Å². The van der Waals surface area contributed by atoms with Gasteiger partial charge < -0.3 is 10.8 Å². The van der Waals surface area contributed by atoms with Crippen LogP contribution in [-0.2, 0) is 4.79 Å². The normalized spacial score (nSPS) is 17.4. The lowest BCUT2D eigenvalue weighted by Crippen LogP contribution is -2.21. The summed E-state index contributed by atoms with van der Waals surface area (Å²) in [6.07, 6.45) is 2.45. The fourth-order valence-corrected chi connectivity index (χ4v) is 1.83. The van der Waals surface area contributed by atoms with Gasteiger partial charge in [-0.15, -0.1) is 0 Å². The molecule has 15 heavy (non-hydrogen) atoms. The number of hydrogen-bond acceptors (Lipinski definition) is 2. The Morgan fingerprint density at radius 3 is 2.80 bits per heavy atom. The fourth-order valence-electron chi connectivity index (χ4n) is 1.83. The summed E-state index contributed by atoms with van der Waals surface area (Å²) in [5.41, 5.74) is 7.55. The first-order valence-electron chi connectivity index (χ1n) is 5.25. The van der Waals surface area contributed by atoms with Gasteiger partial charge in [-0.25, -0.2) is 0 Å². The number of aliphatic carboxylic acids is 1. The summed E-state index contributed by atoms with van der Waals surface area (Å²) in [5.74, 6) is -0.758. The maximum absolute atomic E-state index is 10.9. The standard InChI is InChI=1S/C12H15NO2/c13-7-11(12(14)15)10-3-1-2-9(6-10)8-4-5-8/h1-3,6,8,11H,4-5,7,13H2,(H,14,15). The van der Waals surface area contributed by atoms with E-state index in [1.165, 1.54) is 18.4 Å². The van der Waals surface area contributed by atoms with Crippen LogP contribution in [0.1, 0.15) is 35.8 Å². The molecule has 0 aromatic heterocycles. The molecule has 0 saturated heterocycles. The number of hydrogen-bond donors (Lipinski definition) is 2. The molecular weight excluding hydrogens is 190 g/mol. The van der Waals surface area contributed by atoms with Gasteiger partial charge in [-0.2, -0.15) is 0 Å². The zero-order chi connectivity index (χ0) is 10.8. The Hall–Kier alpha value is -1.35. The average molecular weight is 205 g/mol. The molecule has 0 radical (unpaired) electrons. The van der Waals surface area contributed by atoms with E-state index in [-0.39, 0.29) is 6.54 Å². The maximum atomic E-state index is 10.9. The quantitative estimate of drug-likeness (QED) is 0.786. The minimum atomic E-state index is -0.842. The van der Waals surface area contributed by atoms with Crippen LogP contribution in [0.4, 0.5) is 0 Å². The summed E-state index contributed by atoms with van der Waals surface area (Å²) in [5, 5.41) is 8.99. The minimum Gasteiger partial charge on any atom is -0.481 e. The average Bonchev–Trinajstić information content (AvgIpc) is 3.02. The van der Waals surface area contributed by atoms with Gasteiger partial charge in [0.25, 0.3) is 0 Å². The van der Waals surface area contributed by atoms with Crippen molar-refractivity contribution >= 4 is 5.97 Å². The monoisotopic (exact) mass is 205 g/mol. The Morgan fingerprint density at radius 2 is 2.27 bits per heavy atom. The van der Waals surface area contributed by atoms with Crippen molar-refractivity contribution in [3.8, 4) is 0 Å². The molecule has 1 aromatic rings. The Morgan fingerprint density at radius 1 is 1.53 bits per heavy atom. The van der Waals surface area contributed by atoms with E-state index in [0.717, 1.165) is 5.56 Å². The van der Waals surface area contributed by atoms with Crippen LogP contribution in [0.15, 0.2) is 24.3 Å². The highest BCUT2D eigenvalue weighted by atomic mass is 16.4. The lowest BCUT2D eigenvalue weighted by atomic mass is 9.96. The van der Waals surface area contributed by atoms with Crippen molar-refractivity contribution in [2.45, 2.75) is 24.7 Å². The van der Waals surface area contributed by atoms with Crippen molar-refractivity contribution < 1.29 is 9.90 Å². The molecule has 0 aliphatic heterocycles. The second kappa shape index (κ2) is 4.03. The molecule has 3 nitrogen and oxygen atoms in total. The molecule has 80 valence electrons. The number of rotatable bonds is 4. The highest BCUT2D eigenvalue weighted by Crippen LogP contribution is 2.40. The van der Waals surface area contributed by atoms with Gasteiger partial charge in [-0.3, -0.25) is 4.79 Å². The topological polar surface area (TPSA) is 63.3 Å². The second-order valence-corrected chi connectivity index (χ2v) is 4.07. The van der Waals surface area contributed by atoms with Gasteiger partial charge in [-0.1, -0.05) is 24.3 Å². The third-order valence-corrected chi connectivity index (χ3v) is 2.90. The third-order valence-electron chi connectivity index (χ3n) is 2.90. The van der Waals surface area contributed by atoms with Gasteiger partial charge in [0, 0.05) is 6.54 Å². The molecule has 1 unspecified atom stereocenters. The highest BCUT2D eigenvalue weighted by Gasteiger charge is 2.25. The van der Waals surface area contributed by atoms with Gasteiger partial charge in [0.15, 0.2) is 0 Å². The lowest BCUT2D eigenvalue weighted by Gasteiger charge is -2.11. The van der Waals surface area contributed by atoms with E-state index in [4.69, 9.17) is 10.8 Å². The van der Waals surface area contributed by atoms with E-state index >= 15 is 0 Å². The number of benzene rings is 1. The molecule has 1 fully saturated rings. The molecule has 1 atom stereocenters. The minimum absolute atomic E-state index is 0.156. The largest absolute Gasteiger partial charge is 0.481 e. The summed E-state index contributed by atoms with van der Waals surface area (Å²) < 4.78 is 0. The molecular formula is C12H15NO2. The van der Waals surface area contributed by atoms with Crippen LogP contribution >= 0.6 is 0 Å². The van der Waals surface area contributed by atoms with Gasteiger partial charge in [0.2, 0.25) is 0 Å². The first-order chi connectivity index (χ1) is 7.22. The van der Waals surface area contributed by atoms with E-state index in [0.29, 0.717) is 5.92 Å². The molecule has 1 aromatic carbocycles. The van der Waals surface area contributed by atoms with Crippen LogP contribution in [0.5, 0.6) is 0 Å². The van der Waals surface area contributed by atoms with Crippen LogP contribution in [0.25, 0.3) is 0 Å². The van der Waals surface area contributed by atoms with E-state index in [9.17, 15) is 4.79 Å². The number of carbonyl (C=O) groups is 1. The molecule has 0 heterocycles. The maximum Gasteiger partial charge on any atom is 0.312 e. The first-order valence-corrected chi connectivity index (χ1v) is 5.25. The molecule has 0 amide bonds. The highest BCUT2D eigenvalue weighted by molar-refractivity contribution is 5.76. The Labute approximate surface area is 88.9 Å². The molecule has 1 aliphatic carbocycles. The summed E-state index contributed by atoms with van der Waals surface area (Å²) in [6, 6.07) is 7.83. The lowest BCUT2D eigenvalue weighted by molar-refractivity contribution is -0.138. The van der Waals surface area contributed by atoms with Crippen molar-refractivity contribution in [1.29, 1.82) is 0 Å². The molecule has 0 bridgehead atoms. The predicted octanol–water partition coefficient (Wildman–Crippen LogP) is 1.69. The van der Waals surface area contributed by atoms with Crippen LogP contribution in [-0.4, -0.2) is 17.6 Å². The number of carboxylic acid groups (broad SMARTS) is 1. The van der Waals surface area contributed by atoms with Gasteiger partial charge in [-0.05, 0) is 29.9 Å².